The fourth-order valence-electron chi connectivity index (χ4n) is 2.16. The Kier molecular flexibility index (Phi) is 4.20. The number of nitrogens with one attached hydrogen (secondary N) is 1. The second kappa shape index (κ2) is 5.87. The van der Waals surface area contributed by atoms with Crippen molar-refractivity contribution < 1.29 is 9.53 Å². The molecule has 0 aliphatic carbocycles. The zero-order chi connectivity index (χ0) is 13.0. The Balaban J connectivity index is 1.82. The van der Waals surface area contributed by atoms with Crippen molar-refractivity contribution in [3.8, 4) is 0 Å². The smallest absolute Gasteiger partial charge is 0.338 e. The molecule has 2 rings (SSSR count). The summed E-state index contributed by atoms with van der Waals surface area (Å²) in [6.45, 7) is 5.53. The molecular weight excluding hydrogens is 228 g/mol. The maximum atomic E-state index is 11.5. The van der Waals surface area contributed by atoms with Crippen LogP contribution in [0.3, 0.4) is 0 Å². The normalized spacial score (nSPS) is 16.1. The molecule has 98 valence electrons. The van der Waals surface area contributed by atoms with Gasteiger partial charge in [0.05, 0.1) is 12.2 Å². The van der Waals surface area contributed by atoms with E-state index in [0.29, 0.717) is 12.2 Å². The summed E-state index contributed by atoms with van der Waals surface area (Å²) < 4.78 is 4.94. The van der Waals surface area contributed by atoms with Crippen molar-refractivity contribution in [3.05, 3.63) is 29.8 Å². The van der Waals surface area contributed by atoms with E-state index in [1.54, 1.807) is 12.1 Å². The minimum absolute atomic E-state index is 0.260. The minimum atomic E-state index is -0.260. The molecule has 0 atom stereocenters. The summed E-state index contributed by atoms with van der Waals surface area (Å²) in [5.41, 5.74) is 1.66. The summed E-state index contributed by atoms with van der Waals surface area (Å²) in [6.07, 6.45) is 0. The number of hydrogen-bond acceptors (Lipinski definition) is 4. The van der Waals surface area contributed by atoms with Crippen LogP contribution in [-0.2, 0) is 4.74 Å². The standard InChI is InChI=1S/C14H20N2O2/c1-3-18-14(17)12-4-6-13(7-5-12)15-8-11-9-16(2)10-11/h4-7,11,15H,3,8-10H2,1-2H3. The molecular formula is C14H20N2O2. The molecule has 1 saturated heterocycles. The van der Waals surface area contributed by atoms with Crippen molar-refractivity contribution in [1.82, 2.24) is 4.90 Å². The molecule has 0 bridgehead atoms. The fraction of sp³-hybridized carbons (Fsp3) is 0.500. The molecule has 0 amide bonds. The molecule has 0 saturated carbocycles. The largest absolute Gasteiger partial charge is 0.462 e. The predicted octanol–water partition coefficient (Wildman–Crippen LogP) is 1.84. The van der Waals surface area contributed by atoms with Crippen LogP contribution >= 0.6 is 0 Å². The van der Waals surface area contributed by atoms with Crippen LogP contribution in [0.4, 0.5) is 5.69 Å². The quantitative estimate of drug-likeness (QED) is 0.807. The summed E-state index contributed by atoms with van der Waals surface area (Å²) >= 11 is 0. The third kappa shape index (κ3) is 3.23. The maximum Gasteiger partial charge on any atom is 0.338 e. The highest BCUT2D eigenvalue weighted by Gasteiger charge is 2.22. The Morgan fingerprint density at radius 2 is 2.06 bits per heavy atom. The van der Waals surface area contributed by atoms with Gasteiger partial charge in [-0.2, -0.15) is 0 Å². The number of nitrogens with zero attached hydrogens (tertiary/aromatic N) is 1. The zero-order valence-corrected chi connectivity index (χ0v) is 11.0. The van der Waals surface area contributed by atoms with Gasteiger partial charge in [0.2, 0.25) is 0 Å². The van der Waals surface area contributed by atoms with Gasteiger partial charge in [-0.15, -0.1) is 0 Å². The number of carbonyl (C=O) groups excluding carboxylic acids is 1. The molecule has 1 aromatic carbocycles. The molecule has 0 unspecified atom stereocenters. The second-order valence-corrected chi connectivity index (χ2v) is 4.77. The van der Waals surface area contributed by atoms with Crippen molar-refractivity contribution >= 4 is 11.7 Å². The van der Waals surface area contributed by atoms with E-state index < -0.39 is 0 Å². The van der Waals surface area contributed by atoms with Crippen LogP contribution in [0.1, 0.15) is 17.3 Å². The predicted molar refractivity (Wildman–Crippen MR) is 71.9 cm³/mol. The summed E-state index contributed by atoms with van der Waals surface area (Å²) in [7, 11) is 2.13. The highest BCUT2D eigenvalue weighted by molar-refractivity contribution is 5.89. The first-order chi connectivity index (χ1) is 8.69. The van der Waals surface area contributed by atoms with E-state index in [4.69, 9.17) is 4.74 Å². The molecule has 1 heterocycles. The minimum Gasteiger partial charge on any atom is -0.462 e. The van der Waals surface area contributed by atoms with Crippen molar-refractivity contribution in [2.24, 2.45) is 5.92 Å². The van der Waals surface area contributed by atoms with E-state index in [2.05, 4.69) is 17.3 Å². The van der Waals surface area contributed by atoms with Crippen LogP contribution in [0.5, 0.6) is 0 Å². The topological polar surface area (TPSA) is 41.6 Å². The van der Waals surface area contributed by atoms with Crippen LogP contribution in [-0.4, -0.2) is 44.2 Å². The summed E-state index contributed by atoms with van der Waals surface area (Å²) in [5, 5.41) is 3.39. The molecule has 1 N–H and O–H groups in total. The molecule has 0 aromatic heterocycles. The van der Waals surface area contributed by atoms with E-state index >= 15 is 0 Å². The van der Waals surface area contributed by atoms with Crippen LogP contribution in [0.2, 0.25) is 0 Å². The van der Waals surface area contributed by atoms with Gasteiger partial charge >= 0.3 is 5.97 Å². The zero-order valence-electron chi connectivity index (χ0n) is 11.0. The van der Waals surface area contributed by atoms with E-state index in [0.717, 1.165) is 31.2 Å². The molecule has 1 aromatic rings. The Labute approximate surface area is 108 Å². The number of hydrogen-bond donors (Lipinski definition) is 1. The number of ether oxygens (including phenoxy) is 1. The van der Waals surface area contributed by atoms with Gasteiger partial charge in [-0.3, -0.25) is 0 Å². The third-order valence-corrected chi connectivity index (χ3v) is 3.13. The second-order valence-electron chi connectivity index (χ2n) is 4.77. The lowest BCUT2D eigenvalue weighted by molar-refractivity contribution is 0.0526. The van der Waals surface area contributed by atoms with E-state index in [9.17, 15) is 4.79 Å². The molecule has 1 fully saturated rings. The SMILES string of the molecule is CCOC(=O)c1ccc(NCC2CN(C)C2)cc1. The lowest BCUT2D eigenvalue weighted by Gasteiger charge is -2.36. The van der Waals surface area contributed by atoms with E-state index in [1.807, 2.05) is 19.1 Å². The van der Waals surface area contributed by atoms with Gasteiger partial charge in [0, 0.05) is 31.2 Å². The lowest BCUT2D eigenvalue weighted by atomic mass is 10.0. The summed E-state index contributed by atoms with van der Waals surface area (Å²) in [4.78, 5) is 13.8. The highest BCUT2D eigenvalue weighted by atomic mass is 16.5. The van der Waals surface area contributed by atoms with E-state index in [-0.39, 0.29) is 5.97 Å². The number of anilines is 1. The Bertz CT molecular complexity index is 397. The Hall–Kier alpha value is -1.55. The Morgan fingerprint density at radius 3 is 2.61 bits per heavy atom. The monoisotopic (exact) mass is 248 g/mol. The van der Waals surface area contributed by atoms with Crippen molar-refractivity contribution in [1.29, 1.82) is 0 Å². The molecule has 4 heteroatoms. The van der Waals surface area contributed by atoms with Crippen molar-refractivity contribution in [2.45, 2.75) is 6.92 Å². The molecule has 18 heavy (non-hydrogen) atoms. The van der Waals surface area contributed by atoms with Gasteiger partial charge in [0.1, 0.15) is 0 Å². The fourth-order valence-corrected chi connectivity index (χ4v) is 2.16. The van der Waals surface area contributed by atoms with Crippen LogP contribution in [0.25, 0.3) is 0 Å². The maximum absolute atomic E-state index is 11.5. The average Bonchev–Trinajstić information content (AvgIpc) is 2.34. The van der Waals surface area contributed by atoms with Gasteiger partial charge in [0.25, 0.3) is 0 Å². The van der Waals surface area contributed by atoms with Crippen molar-refractivity contribution in [2.75, 3.05) is 38.6 Å². The van der Waals surface area contributed by atoms with Crippen LogP contribution in [0.15, 0.2) is 24.3 Å². The first kappa shape index (κ1) is 12.9. The number of benzene rings is 1. The molecule has 1 aliphatic heterocycles. The van der Waals surface area contributed by atoms with Gasteiger partial charge in [-0.1, -0.05) is 0 Å². The molecule has 0 spiro atoms. The van der Waals surface area contributed by atoms with Gasteiger partial charge in [-0.25, -0.2) is 4.79 Å². The number of rotatable bonds is 5. The first-order valence-corrected chi connectivity index (χ1v) is 6.38. The van der Waals surface area contributed by atoms with Gasteiger partial charge in [0.15, 0.2) is 0 Å². The summed E-state index contributed by atoms with van der Waals surface area (Å²) in [6, 6.07) is 7.45. The van der Waals surface area contributed by atoms with Crippen LogP contribution in [0, 0.1) is 5.92 Å². The van der Waals surface area contributed by atoms with Crippen molar-refractivity contribution in [3.63, 3.8) is 0 Å². The number of esters is 1. The average molecular weight is 248 g/mol. The molecule has 4 nitrogen and oxygen atoms in total. The number of likely N-dealkylation sites (tertiary alicyclic amines) is 1. The number of carbonyl (C=O) groups is 1. The first-order valence-electron chi connectivity index (χ1n) is 6.38. The Morgan fingerprint density at radius 1 is 1.39 bits per heavy atom. The van der Waals surface area contributed by atoms with E-state index in [1.165, 1.54) is 0 Å². The molecule has 0 radical (unpaired) electrons. The van der Waals surface area contributed by atoms with Crippen LogP contribution < -0.4 is 5.32 Å². The van der Waals surface area contributed by atoms with Gasteiger partial charge < -0.3 is 15.0 Å². The highest BCUT2D eigenvalue weighted by Crippen LogP contribution is 2.15. The molecule has 1 aliphatic rings. The lowest BCUT2D eigenvalue weighted by Crippen LogP contribution is -2.46. The third-order valence-electron chi connectivity index (χ3n) is 3.13. The van der Waals surface area contributed by atoms with Gasteiger partial charge in [-0.05, 0) is 38.2 Å². The summed E-state index contributed by atoms with van der Waals surface area (Å²) in [5.74, 6) is 0.476.